The molecule has 1 heterocycles. The molecule has 196 valence electrons. The van der Waals surface area contributed by atoms with E-state index < -0.39 is 6.23 Å². The van der Waals surface area contributed by atoms with Crippen molar-refractivity contribution in [2.45, 2.75) is 33.4 Å². The third-order valence-corrected chi connectivity index (χ3v) is 4.72. The number of ketones is 1. The molecule has 2 N–H and O–H groups in total. The van der Waals surface area contributed by atoms with Crippen LogP contribution in [0, 0.1) is 5.41 Å². The Labute approximate surface area is 201 Å². The van der Waals surface area contributed by atoms with E-state index in [1.165, 1.54) is 17.1 Å². The van der Waals surface area contributed by atoms with Crippen LogP contribution in [0.2, 0.25) is 0 Å². The smallest absolute Gasteiger partial charge is 0.248 e. The lowest BCUT2D eigenvalue weighted by molar-refractivity contribution is -0.132. The molecule has 0 fully saturated rings. The molecule has 0 radical (unpaired) electrons. The first-order valence-corrected chi connectivity index (χ1v) is 11.6. The molecule has 0 aromatic rings. The Morgan fingerprint density at radius 2 is 1.41 bits per heavy atom. The number of hydrogen-bond acceptors (Lipinski definition) is 9. The van der Waals surface area contributed by atoms with Crippen LogP contribution < -0.4 is 5.32 Å². The molecule has 0 saturated carbocycles. The molecule has 0 aromatic heterocycles. The van der Waals surface area contributed by atoms with Gasteiger partial charge in [-0.2, -0.15) is 0 Å². The van der Waals surface area contributed by atoms with Crippen molar-refractivity contribution in [2.75, 3.05) is 79.2 Å². The summed E-state index contributed by atoms with van der Waals surface area (Å²) in [4.78, 5) is 36.1. The van der Waals surface area contributed by atoms with Crippen molar-refractivity contribution in [3.8, 4) is 0 Å². The summed E-state index contributed by atoms with van der Waals surface area (Å²) in [7, 11) is 0. The normalized spacial score (nSPS) is 15.8. The van der Waals surface area contributed by atoms with Crippen LogP contribution in [0.25, 0.3) is 0 Å². The molecular formula is C23H40N2O9. The Morgan fingerprint density at radius 1 is 0.912 bits per heavy atom. The molecule has 1 rings (SSSR count). The molecule has 1 aliphatic rings. The fourth-order valence-corrected chi connectivity index (χ4v) is 2.57. The van der Waals surface area contributed by atoms with Gasteiger partial charge in [0.2, 0.25) is 11.8 Å². The van der Waals surface area contributed by atoms with Gasteiger partial charge < -0.3 is 39.0 Å². The molecule has 1 atom stereocenters. The maximum atomic E-state index is 11.7. The summed E-state index contributed by atoms with van der Waals surface area (Å²) in [5.41, 5.74) is -0.386. The summed E-state index contributed by atoms with van der Waals surface area (Å²) in [6, 6.07) is 0. The van der Waals surface area contributed by atoms with Gasteiger partial charge in [-0.25, -0.2) is 0 Å². The zero-order chi connectivity index (χ0) is 25.2. The van der Waals surface area contributed by atoms with Crippen molar-refractivity contribution in [2.24, 2.45) is 5.41 Å². The summed E-state index contributed by atoms with van der Waals surface area (Å²) < 4.78 is 26.8. The van der Waals surface area contributed by atoms with Gasteiger partial charge in [0.25, 0.3) is 0 Å². The third-order valence-electron chi connectivity index (χ3n) is 4.72. The number of rotatable bonds is 20. The Morgan fingerprint density at radius 3 is 1.88 bits per heavy atom. The van der Waals surface area contributed by atoms with Crippen LogP contribution in [0.1, 0.15) is 27.2 Å². The Bertz CT molecular complexity index is 634. The van der Waals surface area contributed by atoms with Crippen LogP contribution in [0.3, 0.4) is 0 Å². The quantitative estimate of drug-likeness (QED) is 0.226. The van der Waals surface area contributed by atoms with Gasteiger partial charge in [-0.1, -0.05) is 20.8 Å². The van der Waals surface area contributed by atoms with Gasteiger partial charge >= 0.3 is 0 Å². The van der Waals surface area contributed by atoms with Crippen LogP contribution in [0.5, 0.6) is 0 Å². The summed E-state index contributed by atoms with van der Waals surface area (Å²) in [5.74, 6) is -0.443. The number of carbonyl (C=O) groups is 3. The average molecular weight is 489 g/mol. The van der Waals surface area contributed by atoms with Crippen LogP contribution in [0.4, 0.5) is 0 Å². The number of amides is 2. The molecule has 1 unspecified atom stereocenters. The first-order valence-electron chi connectivity index (χ1n) is 11.6. The number of nitrogens with one attached hydrogen (secondary N) is 1. The van der Waals surface area contributed by atoms with Crippen molar-refractivity contribution in [3.05, 3.63) is 12.2 Å². The summed E-state index contributed by atoms with van der Waals surface area (Å²) in [6.45, 7) is 9.93. The highest BCUT2D eigenvalue weighted by Crippen LogP contribution is 2.14. The minimum absolute atomic E-state index is 0.0660. The summed E-state index contributed by atoms with van der Waals surface area (Å²) >= 11 is 0. The number of hydrogen-bond donors (Lipinski definition) is 2. The summed E-state index contributed by atoms with van der Waals surface area (Å²) in [5, 5.41) is 12.3. The molecule has 0 aromatic carbocycles. The van der Waals surface area contributed by atoms with E-state index in [4.69, 9.17) is 23.7 Å². The number of aliphatic hydroxyl groups excluding tert-OH is 1. The molecule has 11 heteroatoms. The first kappa shape index (κ1) is 30.1. The number of aliphatic hydroxyl groups is 1. The maximum Gasteiger partial charge on any atom is 0.248 e. The summed E-state index contributed by atoms with van der Waals surface area (Å²) in [6.07, 6.45) is 1.84. The van der Waals surface area contributed by atoms with Crippen LogP contribution in [0.15, 0.2) is 12.2 Å². The van der Waals surface area contributed by atoms with Gasteiger partial charge in [-0.15, -0.1) is 0 Å². The fraction of sp³-hybridized carbons (Fsp3) is 0.783. The molecule has 0 bridgehead atoms. The monoisotopic (exact) mass is 488 g/mol. The average Bonchev–Trinajstić information content (AvgIpc) is 3.10. The molecule has 0 spiro atoms. The van der Waals surface area contributed by atoms with E-state index in [-0.39, 0.29) is 42.6 Å². The fourth-order valence-electron chi connectivity index (χ4n) is 2.57. The lowest BCUT2D eigenvalue weighted by Gasteiger charge is -2.19. The van der Waals surface area contributed by atoms with Crippen molar-refractivity contribution < 1.29 is 43.2 Å². The topological polar surface area (TPSA) is 133 Å². The molecule has 11 nitrogen and oxygen atoms in total. The van der Waals surface area contributed by atoms with Gasteiger partial charge in [0, 0.05) is 31.0 Å². The predicted octanol–water partition coefficient (Wildman–Crippen LogP) is -0.0923. The number of ether oxygens (including phenoxy) is 5. The number of nitrogens with zero attached hydrogens (tertiary/aromatic N) is 1. The molecule has 0 saturated heterocycles. The lowest BCUT2D eigenvalue weighted by atomic mass is 9.91. The van der Waals surface area contributed by atoms with E-state index in [0.29, 0.717) is 66.0 Å². The van der Waals surface area contributed by atoms with Gasteiger partial charge in [0.1, 0.15) is 12.8 Å². The standard InChI is InChI=1S/C23H40N2O9/c1-23(2,3)19(26)18-34-17-16-33-15-14-32-13-12-31-11-10-30-9-7-24-20(27)6-8-25-21(28)4-5-22(25)29/h4-5,21,28H,6-18H2,1-3H3,(H,24,27). The Kier molecular flexibility index (Phi) is 15.5. The lowest BCUT2D eigenvalue weighted by Crippen LogP contribution is -2.37. The van der Waals surface area contributed by atoms with Crippen LogP contribution in [-0.2, 0) is 38.1 Å². The van der Waals surface area contributed by atoms with E-state index in [2.05, 4.69) is 5.32 Å². The Balaban J connectivity index is 1.77. The largest absolute Gasteiger partial charge is 0.377 e. The van der Waals surface area contributed by atoms with Crippen molar-refractivity contribution in [1.82, 2.24) is 10.2 Å². The zero-order valence-corrected chi connectivity index (χ0v) is 20.6. The highest BCUT2D eigenvalue weighted by molar-refractivity contribution is 5.90. The zero-order valence-electron chi connectivity index (χ0n) is 20.6. The van der Waals surface area contributed by atoms with E-state index in [0.717, 1.165) is 0 Å². The highest BCUT2D eigenvalue weighted by Gasteiger charge is 2.23. The van der Waals surface area contributed by atoms with Gasteiger partial charge in [0.15, 0.2) is 5.78 Å². The van der Waals surface area contributed by atoms with Crippen LogP contribution >= 0.6 is 0 Å². The first-order chi connectivity index (χ1) is 16.2. The van der Waals surface area contributed by atoms with E-state index in [1.807, 2.05) is 20.8 Å². The number of Topliss-reactive ketones (excluding diaryl/α,β-unsaturated/α-hetero) is 1. The van der Waals surface area contributed by atoms with E-state index in [9.17, 15) is 19.5 Å². The van der Waals surface area contributed by atoms with Gasteiger partial charge in [-0.05, 0) is 6.08 Å². The maximum absolute atomic E-state index is 11.7. The molecule has 34 heavy (non-hydrogen) atoms. The minimum atomic E-state index is -0.954. The second-order valence-electron chi connectivity index (χ2n) is 8.58. The minimum Gasteiger partial charge on any atom is -0.377 e. The molecule has 1 aliphatic heterocycles. The molecular weight excluding hydrogens is 448 g/mol. The molecule has 0 aliphatic carbocycles. The number of carbonyl (C=O) groups excluding carboxylic acids is 3. The highest BCUT2D eigenvalue weighted by atomic mass is 16.6. The van der Waals surface area contributed by atoms with E-state index >= 15 is 0 Å². The van der Waals surface area contributed by atoms with E-state index in [1.54, 1.807) is 0 Å². The van der Waals surface area contributed by atoms with Crippen LogP contribution in [-0.4, -0.2) is 113 Å². The second kappa shape index (κ2) is 17.5. The van der Waals surface area contributed by atoms with Crippen molar-refractivity contribution >= 4 is 17.6 Å². The third kappa shape index (κ3) is 14.4. The SMILES string of the molecule is CC(C)(C)C(=O)COCCOCCOCCOCCOCCNC(=O)CCN1C(=O)C=CC1O. The molecule has 2 amide bonds. The van der Waals surface area contributed by atoms with Gasteiger partial charge in [-0.3, -0.25) is 14.4 Å². The van der Waals surface area contributed by atoms with Crippen molar-refractivity contribution in [1.29, 1.82) is 0 Å². The predicted molar refractivity (Wildman–Crippen MR) is 123 cm³/mol. The van der Waals surface area contributed by atoms with Gasteiger partial charge in [0.05, 0.1) is 59.5 Å². The van der Waals surface area contributed by atoms with Crippen molar-refractivity contribution in [3.63, 3.8) is 0 Å². The second-order valence-corrected chi connectivity index (χ2v) is 8.58. The Hall–Kier alpha value is -1.89.